The summed E-state index contributed by atoms with van der Waals surface area (Å²) < 4.78 is 1.85. The maximum Gasteiger partial charge on any atom is 0.324 e. The zero-order valence-corrected chi connectivity index (χ0v) is 10.5. The molecular weight excluding hydrogens is 240 g/mol. The predicted octanol–water partition coefficient (Wildman–Crippen LogP) is 0.452. The van der Waals surface area contributed by atoms with E-state index in [1.54, 1.807) is 13.1 Å². The number of nitrogens with zero attached hydrogens (tertiary/aromatic N) is 3. The van der Waals surface area contributed by atoms with Crippen LogP contribution in [0.1, 0.15) is 6.92 Å². The molecule has 0 aliphatic carbocycles. The van der Waals surface area contributed by atoms with Crippen molar-refractivity contribution in [1.82, 2.24) is 19.8 Å². The molecule has 1 atom stereocenters. The fourth-order valence-corrected chi connectivity index (χ4v) is 2.47. The molecule has 6 nitrogen and oxygen atoms in total. The molecule has 1 aromatic rings. The molecule has 1 fully saturated rings. The van der Waals surface area contributed by atoms with Crippen molar-refractivity contribution in [2.45, 2.75) is 17.3 Å². The summed E-state index contributed by atoms with van der Waals surface area (Å²) in [6.45, 7) is 2.76. The Morgan fingerprint density at radius 2 is 2.41 bits per heavy atom. The quantitative estimate of drug-likeness (QED) is 0.795. The number of carbonyl (C=O) groups excluding carboxylic acids is 2. The summed E-state index contributed by atoms with van der Waals surface area (Å²) in [4.78, 5) is 28.7. The van der Waals surface area contributed by atoms with Crippen LogP contribution in [0.2, 0.25) is 0 Å². The Kier molecular flexibility index (Phi) is 3.37. The first-order valence-corrected chi connectivity index (χ1v) is 6.20. The van der Waals surface area contributed by atoms with E-state index in [2.05, 4.69) is 10.3 Å². The number of imide groups is 1. The molecule has 2 rings (SSSR count). The molecule has 1 saturated heterocycles. The molecule has 7 heteroatoms. The number of amides is 3. The molecule has 0 radical (unpaired) electrons. The fourth-order valence-electron chi connectivity index (χ4n) is 1.58. The molecule has 3 amide bonds. The van der Waals surface area contributed by atoms with Gasteiger partial charge < -0.3 is 9.88 Å². The van der Waals surface area contributed by atoms with Gasteiger partial charge in [0.25, 0.3) is 0 Å². The third-order valence-corrected chi connectivity index (χ3v) is 3.69. The second-order valence-corrected chi connectivity index (χ2v) is 5.11. The van der Waals surface area contributed by atoms with Crippen LogP contribution >= 0.6 is 11.8 Å². The highest BCUT2D eigenvalue weighted by Gasteiger charge is 2.30. The van der Waals surface area contributed by atoms with Gasteiger partial charge in [-0.25, -0.2) is 9.78 Å². The molecule has 0 spiro atoms. The number of aryl methyl sites for hydroxylation is 1. The Labute approximate surface area is 103 Å². The molecule has 2 heterocycles. The van der Waals surface area contributed by atoms with Crippen molar-refractivity contribution >= 4 is 23.7 Å². The normalized spacial score (nSPS) is 17.1. The lowest BCUT2D eigenvalue weighted by molar-refractivity contribution is -0.126. The Hall–Kier alpha value is -1.50. The van der Waals surface area contributed by atoms with Crippen molar-refractivity contribution < 1.29 is 9.59 Å². The number of nitrogens with one attached hydrogen (secondary N) is 1. The highest BCUT2D eigenvalue weighted by atomic mass is 32.2. The van der Waals surface area contributed by atoms with E-state index in [-0.39, 0.29) is 17.2 Å². The Bertz CT molecular complexity index is 445. The molecule has 0 unspecified atom stereocenters. The monoisotopic (exact) mass is 254 g/mol. The summed E-state index contributed by atoms with van der Waals surface area (Å²) >= 11 is 1.35. The van der Waals surface area contributed by atoms with E-state index in [4.69, 9.17) is 0 Å². The molecule has 0 bridgehead atoms. The Morgan fingerprint density at radius 1 is 1.65 bits per heavy atom. The second kappa shape index (κ2) is 4.79. The van der Waals surface area contributed by atoms with Crippen LogP contribution in [-0.4, -0.2) is 44.7 Å². The van der Waals surface area contributed by atoms with Gasteiger partial charge in [-0.05, 0) is 6.92 Å². The summed E-state index contributed by atoms with van der Waals surface area (Å²) in [5.41, 5.74) is 0. The predicted molar refractivity (Wildman–Crippen MR) is 63.6 cm³/mol. The van der Waals surface area contributed by atoms with Crippen LogP contribution in [0.15, 0.2) is 17.6 Å². The third-order valence-electron chi connectivity index (χ3n) is 2.53. The zero-order chi connectivity index (χ0) is 12.4. The molecule has 92 valence electrons. The highest BCUT2D eigenvalue weighted by Crippen LogP contribution is 2.22. The van der Waals surface area contributed by atoms with E-state index in [0.29, 0.717) is 13.1 Å². The number of thioether (sulfide) groups is 1. The van der Waals surface area contributed by atoms with E-state index in [9.17, 15) is 9.59 Å². The van der Waals surface area contributed by atoms with Gasteiger partial charge in [0.2, 0.25) is 5.91 Å². The number of imidazole rings is 1. The van der Waals surface area contributed by atoms with Crippen LogP contribution in [0.25, 0.3) is 0 Å². The van der Waals surface area contributed by atoms with Gasteiger partial charge in [-0.15, -0.1) is 0 Å². The summed E-state index contributed by atoms with van der Waals surface area (Å²) in [6, 6.07) is -0.303. The van der Waals surface area contributed by atoms with Crippen LogP contribution in [0.5, 0.6) is 0 Å². The van der Waals surface area contributed by atoms with Crippen molar-refractivity contribution in [3.8, 4) is 0 Å². The number of rotatable bonds is 3. The molecular formula is C10H14N4O2S. The summed E-state index contributed by atoms with van der Waals surface area (Å²) in [5.74, 6) is -0.173. The van der Waals surface area contributed by atoms with Gasteiger partial charge in [0.1, 0.15) is 0 Å². The average molecular weight is 254 g/mol. The van der Waals surface area contributed by atoms with E-state index in [1.165, 1.54) is 16.7 Å². The first-order chi connectivity index (χ1) is 8.09. The first kappa shape index (κ1) is 12.0. The molecule has 0 aromatic carbocycles. The van der Waals surface area contributed by atoms with E-state index >= 15 is 0 Å². The molecule has 1 aromatic heterocycles. The number of carbonyl (C=O) groups is 2. The van der Waals surface area contributed by atoms with Crippen LogP contribution in [0.4, 0.5) is 4.79 Å². The van der Waals surface area contributed by atoms with Crippen LogP contribution in [0, 0.1) is 0 Å². The van der Waals surface area contributed by atoms with Crippen LogP contribution in [0.3, 0.4) is 0 Å². The largest absolute Gasteiger partial charge is 0.336 e. The van der Waals surface area contributed by atoms with Crippen molar-refractivity contribution in [2.24, 2.45) is 7.05 Å². The van der Waals surface area contributed by atoms with Crippen molar-refractivity contribution in [3.63, 3.8) is 0 Å². The molecule has 1 N–H and O–H groups in total. The molecule has 17 heavy (non-hydrogen) atoms. The lowest BCUT2D eigenvalue weighted by atomic mass is 10.4. The lowest BCUT2D eigenvalue weighted by Gasteiger charge is -2.16. The summed E-state index contributed by atoms with van der Waals surface area (Å²) in [7, 11) is 1.87. The molecule has 1 aliphatic heterocycles. The maximum atomic E-state index is 12.0. The number of urea groups is 1. The van der Waals surface area contributed by atoms with Crippen molar-refractivity contribution in [3.05, 3.63) is 12.4 Å². The number of hydrogen-bond acceptors (Lipinski definition) is 4. The zero-order valence-electron chi connectivity index (χ0n) is 9.71. The van der Waals surface area contributed by atoms with Gasteiger partial charge >= 0.3 is 6.03 Å². The Balaban J connectivity index is 2.00. The van der Waals surface area contributed by atoms with Gasteiger partial charge in [-0.3, -0.25) is 9.69 Å². The summed E-state index contributed by atoms with van der Waals surface area (Å²) in [6.07, 6.45) is 3.50. The lowest BCUT2D eigenvalue weighted by Crippen LogP contribution is -2.39. The van der Waals surface area contributed by atoms with E-state index in [0.717, 1.165) is 5.16 Å². The number of aromatic nitrogens is 2. The van der Waals surface area contributed by atoms with Crippen LogP contribution in [-0.2, 0) is 11.8 Å². The van der Waals surface area contributed by atoms with Crippen molar-refractivity contribution in [2.75, 3.05) is 13.1 Å². The van der Waals surface area contributed by atoms with Gasteiger partial charge in [0, 0.05) is 32.5 Å². The smallest absolute Gasteiger partial charge is 0.324 e. The minimum Gasteiger partial charge on any atom is -0.336 e. The highest BCUT2D eigenvalue weighted by molar-refractivity contribution is 8.00. The first-order valence-electron chi connectivity index (χ1n) is 5.33. The van der Waals surface area contributed by atoms with Gasteiger partial charge in [0.05, 0.1) is 5.25 Å². The second-order valence-electron chi connectivity index (χ2n) is 3.80. The van der Waals surface area contributed by atoms with Gasteiger partial charge in [-0.1, -0.05) is 11.8 Å². The minimum atomic E-state index is -0.319. The minimum absolute atomic E-state index is 0.173. The average Bonchev–Trinajstić information content (AvgIpc) is 2.88. The van der Waals surface area contributed by atoms with Gasteiger partial charge in [0.15, 0.2) is 5.16 Å². The SMILES string of the molecule is C[C@H](Sc1nccn1C)C(=O)N1CCNC1=O. The molecule has 1 aliphatic rings. The van der Waals surface area contributed by atoms with Crippen LogP contribution < -0.4 is 5.32 Å². The standard InChI is InChI=1S/C10H14N4O2S/c1-7(17-10-12-3-5-13(10)2)8(15)14-6-4-11-9(14)16/h3,5,7H,4,6H2,1-2H3,(H,11,16)/t7-/m0/s1. The van der Waals surface area contributed by atoms with E-state index in [1.807, 2.05) is 17.8 Å². The van der Waals surface area contributed by atoms with Crippen molar-refractivity contribution in [1.29, 1.82) is 0 Å². The fraction of sp³-hybridized carbons (Fsp3) is 0.500. The van der Waals surface area contributed by atoms with E-state index < -0.39 is 0 Å². The summed E-state index contributed by atoms with van der Waals surface area (Å²) in [5, 5.41) is 3.06. The van der Waals surface area contributed by atoms with Gasteiger partial charge in [-0.2, -0.15) is 0 Å². The third kappa shape index (κ3) is 2.44. The Morgan fingerprint density at radius 3 is 2.94 bits per heavy atom. The topological polar surface area (TPSA) is 67.2 Å². The maximum absolute atomic E-state index is 12.0. The molecule has 0 saturated carbocycles. The number of hydrogen-bond donors (Lipinski definition) is 1.